The number of rotatable bonds is 5. The molecule has 1 saturated heterocycles. The highest BCUT2D eigenvalue weighted by Crippen LogP contribution is 2.25. The van der Waals surface area contributed by atoms with Gasteiger partial charge in [0, 0.05) is 24.7 Å². The van der Waals surface area contributed by atoms with Gasteiger partial charge in [-0.05, 0) is 37.1 Å². The van der Waals surface area contributed by atoms with Crippen LogP contribution in [-0.2, 0) is 14.3 Å². The lowest BCUT2D eigenvalue weighted by Gasteiger charge is -2.33. The van der Waals surface area contributed by atoms with Gasteiger partial charge in [-0.25, -0.2) is 4.79 Å². The minimum absolute atomic E-state index is 0.253. The zero-order chi connectivity index (χ0) is 18.4. The molecule has 0 radical (unpaired) electrons. The Bertz CT molecular complexity index is 623. The fourth-order valence-electron chi connectivity index (χ4n) is 2.85. The Kier molecular flexibility index (Phi) is 6.21. The van der Waals surface area contributed by atoms with Crippen molar-refractivity contribution in [3.8, 4) is 5.75 Å². The van der Waals surface area contributed by atoms with Gasteiger partial charge in [-0.2, -0.15) is 0 Å². The molecule has 1 heterocycles. The Morgan fingerprint density at radius 1 is 1.16 bits per heavy atom. The first-order chi connectivity index (χ1) is 12.0. The quantitative estimate of drug-likeness (QED) is 0.866. The van der Waals surface area contributed by atoms with Crippen LogP contribution in [0.25, 0.3) is 0 Å². The number of carboxylic acids is 1. The minimum Gasteiger partial charge on any atom is -0.497 e. The van der Waals surface area contributed by atoms with E-state index in [1.807, 2.05) is 0 Å². The summed E-state index contributed by atoms with van der Waals surface area (Å²) in [5.41, 5.74) is 0.503. The highest BCUT2D eigenvalue weighted by atomic mass is 16.5. The molecule has 1 aliphatic rings. The van der Waals surface area contributed by atoms with Gasteiger partial charge in [0.25, 0.3) is 0 Å². The van der Waals surface area contributed by atoms with E-state index in [-0.39, 0.29) is 11.8 Å². The molecule has 0 unspecified atom stereocenters. The summed E-state index contributed by atoms with van der Waals surface area (Å²) in [6, 6.07) is 6.67. The predicted octanol–water partition coefficient (Wildman–Crippen LogP) is 1.59. The molecule has 1 N–H and O–H groups in total. The first-order valence-corrected chi connectivity index (χ1v) is 7.96. The third-order valence-corrected chi connectivity index (χ3v) is 4.22. The first kappa shape index (κ1) is 18.6. The van der Waals surface area contributed by atoms with Crippen molar-refractivity contribution in [2.45, 2.75) is 12.8 Å². The summed E-state index contributed by atoms with van der Waals surface area (Å²) in [5, 5.41) is 9.15. The SMILES string of the molecule is COC(=O)N1CCC(C(=O)N(CC(=O)O)c2ccc(OC)cc2)CC1. The maximum Gasteiger partial charge on any atom is 0.409 e. The lowest BCUT2D eigenvalue weighted by Crippen LogP contribution is -2.45. The maximum atomic E-state index is 12.8. The number of anilines is 1. The van der Waals surface area contributed by atoms with Crippen LogP contribution in [0, 0.1) is 5.92 Å². The van der Waals surface area contributed by atoms with Gasteiger partial charge in [0.1, 0.15) is 12.3 Å². The Morgan fingerprint density at radius 3 is 2.24 bits per heavy atom. The molecular weight excluding hydrogens is 328 g/mol. The summed E-state index contributed by atoms with van der Waals surface area (Å²) in [7, 11) is 2.85. The average Bonchev–Trinajstić information content (AvgIpc) is 2.65. The van der Waals surface area contributed by atoms with Crippen LogP contribution in [-0.4, -0.2) is 61.8 Å². The van der Waals surface area contributed by atoms with Gasteiger partial charge >= 0.3 is 12.1 Å². The van der Waals surface area contributed by atoms with Crippen molar-refractivity contribution >= 4 is 23.7 Å². The van der Waals surface area contributed by atoms with Crippen molar-refractivity contribution in [2.75, 3.05) is 38.8 Å². The van der Waals surface area contributed by atoms with Gasteiger partial charge in [0.15, 0.2) is 0 Å². The molecule has 25 heavy (non-hydrogen) atoms. The molecule has 8 heteroatoms. The molecule has 0 saturated carbocycles. The Labute approximate surface area is 145 Å². The van der Waals surface area contributed by atoms with Crippen LogP contribution in [0.5, 0.6) is 5.75 Å². The fraction of sp³-hybridized carbons (Fsp3) is 0.471. The maximum absolute atomic E-state index is 12.8. The number of hydrogen-bond donors (Lipinski definition) is 1. The number of amides is 2. The van der Waals surface area contributed by atoms with Crippen LogP contribution < -0.4 is 9.64 Å². The van der Waals surface area contributed by atoms with E-state index < -0.39 is 18.6 Å². The van der Waals surface area contributed by atoms with Crippen molar-refractivity contribution < 1.29 is 29.0 Å². The third kappa shape index (κ3) is 4.62. The summed E-state index contributed by atoms with van der Waals surface area (Å²) in [6.07, 6.45) is 0.531. The summed E-state index contributed by atoms with van der Waals surface area (Å²) >= 11 is 0. The van der Waals surface area contributed by atoms with E-state index in [9.17, 15) is 14.4 Å². The summed E-state index contributed by atoms with van der Waals surface area (Å²) in [6.45, 7) is 0.404. The molecule has 0 aromatic heterocycles. The summed E-state index contributed by atoms with van der Waals surface area (Å²) in [4.78, 5) is 38.3. The van der Waals surface area contributed by atoms with Crippen LogP contribution in [0.2, 0.25) is 0 Å². The highest BCUT2D eigenvalue weighted by molar-refractivity contribution is 5.98. The standard InChI is InChI=1S/C17H22N2O6/c1-24-14-5-3-13(4-6-14)19(11-15(20)21)16(22)12-7-9-18(10-8-12)17(23)25-2/h3-6,12H,7-11H2,1-2H3,(H,20,21). The zero-order valence-corrected chi connectivity index (χ0v) is 14.3. The van der Waals surface area contributed by atoms with Crippen LogP contribution in [0.1, 0.15) is 12.8 Å². The van der Waals surface area contributed by atoms with E-state index in [0.717, 1.165) is 0 Å². The number of ether oxygens (including phenoxy) is 2. The number of likely N-dealkylation sites (tertiary alicyclic amines) is 1. The number of carbonyl (C=O) groups excluding carboxylic acids is 2. The van der Waals surface area contributed by atoms with Gasteiger partial charge in [0.2, 0.25) is 5.91 Å². The van der Waals surface area contributed by atoms with Gasteiger partial charge in [0.05, 0.1) is 14.2 Å². The van der Waals surface area contributed by atoms with Crippen LogP contribution in [0.4, 0.5) is 10.5 Å². The molecule has 0 aliphatic carbocycles. The van der Waals surface area contributed by atoms with Gasteiger partial charge in [-0.15, -0.1) is 0 Å². The predicted molar refractivity (Wildman–Crippen MR) is 89.7 cm³/mol. The topological polar surface area (TPSA) is 96.4 Å². The second kappa shape index (κ2) is 8.36. The molecule has 1 fully saturated rings. The van der Waals surface area contributed by atoms with E-state index in [4.69, 9.17) is 9.84 Å². The number of benzene rings is 1. The average molecular weight is 350 g/mol. The van der Waals surface area contributed by atoms with Crippen LogP contribution in [0.15, 0.2) is 24.3 Å². The molecular formula is C17H22N2O6. The third-order valence-electron chi connectivity index (χ3n) is 4.22. The number of carbonyl (C=O) groups is 3. The number of hydrogen-bond acceptors (Lipinski definition) is 5. The molecule has 2 amide bonds. The lowest BCUT2D eigenvalue weighted by molar-refractivity contribution is -0.137. The molecule has 0 bridgehead atoms. The number of nitrogens with zero attached hydrogens (tertiary/aromatic N) is 2. The fourth-order valence-corrected chi connectivity index (χ4v) is 2.85. The second-order valence-corrected chi connectivity index (χ2v) is 5.75. The number of methoxy groups -OCH3 is 2. The Morgan fingerprint density at radius 2 is 1.76 bits per heavy atom. The first-order valence-electron chi connectivity index (χ1n) is 7.96. The van der Waals surface area contributed by atoms with Crippen LogP contribution >= 0.6 is 0 Å². The smallest absolute Gasteiger partial charge is 0.409 e. The second-order valence-electron chi connectivity index (χ2n) is 5.75. The normalized spacial score (nSPS) is 14.7. The van der Waals surface area contributed by atoms with Gasteiger partial charge in [-0.3, -0.25) is 9.59 Å². The molecule has 1 aromatic rings. The van der Waals surface area contributed by atoms with Crippen molar-refractivity contribution in [3.63, 3.8) is 0 Å². The van der Waals surface area contributed by atoms with E-state index in [2.05, 4.69) is 4.74 Å². The van der Waals surface area contributed by atoms with Crippen molar-refractivity contribution in [1.82, 2.24) is 4.90 Å². The summed E-state index contributed by atoms with van der Waals surface area (Å²) in [5.74, 6) is -1.05. The van der Waals surface area contributed by atoms with E-state index in [1.54, 1.807) is 29.2 Å². The van der Waals surface area contributed by atoms with E-state index in [1.165, 1.54) is 19.1 Å². The molecule has 8 nitrogen and oxygen atoms in total. The van der Waals surface area contributed by atoms with Crippen molar-refractivity contribution in [3.05, 3.63) is 24.3 Å². The monoisotopic (exact) mass is 350 g/mol. The molecule has 1 aromatic carbocycles. The number of carboxylic acid groups (broad SMARTS) is 1. The van der Waals surface area contributed by atoms with Gasteiger partial charge < -0.3 is 24.4 Å². The molecule has 0 spiro atoms. The highest BCUT2D eigenvalue weighted by Gasteiger charge is 2.32. The Balaban J connectivity index is 2.10. The molecule has 0 atom stereocenters. The van der Waals surface area contributed by atoms with Crippen molar-refractivity contribution in [1.29, 1.82) is 0 Å². The largest absolute Gasteiger partial charge is 0.497 e. The van der Waals surface area contributed by atoms with E-state index in [0.29, 0.717) is 37.4 Å². The zero-order valence-electron chi connectivity index (χ0n) is 14.3. The number of aliphatic carboxylic acids is 1. The van der Waals surface area contributed by atoms with E-state index >= 15 is 0 Å². The number of piperidine rings is 1. The van der Waals surface area contributed by atoms with Crippen molar-refractivity contribution in [2.24, 2.45) is 5.92 Å². The molecule has 2 rings (SSSR count). The minimum atomic E-state index is -1.09. The van der Waals surface area contributed by atoms with Gasteiger partial charge in [-0.1, -0.05) is 0 Å². The lowest BCUT2D eigenvalue weighted by atomic mass is 9.95. The Hall–Kier alpha value is -2.77. The molecule has 136 valence electrons. The molecule has 1 aliphatic heterocycles. The van der Waals surface area contributed by atoms with Crippen LogP contribution in [0.3, 0.4) is 0 Å². The summed E-state index contributed by atoms with van der Waals surface area (Å²) < 4.78 is 9.76.